The predicted octanol–water partition coefficient (Wildman–Crippen LogP) is 1.91. The quantitative estimate of drug-likeness (QED) is 0.0283. The summed E-state index contributed by atoms with van der Waals surface area (Å²) in [5.74, 6) is -81.9. The number of thioether (sulfide) groups is 1. The molecule has 1 unspecified atom stereocenters. The second-order valence-electron chi connectivity index (χ2n) is 34.7. The first-order valence-corrected chi connectivity index (χ1v) is 46.1. The van der Waals surface area contributed by atoms with Crippen LogP contribution in [0.1, 0.15) is 163 Å². The van der Waals surface area contributed by atoms with Gasteiger partial charge >= 0.3 is 47.6 Å². The number of aryl methyl sites for hydroxylation is 1. The molecule has 3 rings (SSSR count). The number of aliphatic hydroxyl groups excluding tert-OH is 1. The van der Waals surface area contributed by atoms with Crippen LogP contribution in [0.25, 0.3) is 10.9 Å². The molecule has 0 saturated heterocycles. The molecule has 0 spiro atoms. The molecule has 1 aromatic heterocycles. The summed E-state index contributed by atoms with van der Waals surface area (Å²) < 4.78 is 238. The molecule has 810 valence electrons. The van der Waals surface area contributed by atoms with Gasteiger partial charge in [-0.3, -0.25) is 91.2 Å². The maximum Gasteiger partial charge on any atom is 0.460 e. The van der Waals surface area contributed by atoms with Gasteiger partial charge in [0.2, 0.25) is 106 Å². The average Bonchev–Trinajstić information content (AvgIpc) is 0.775. The Morgan fingerprint density at radius 1 is 0.458 bits per heavy atom. The Bertz CT molecular complexity index is 5010. The van der Waals surface area contributed by atoms with Gasteiger partial charge in [0.1, 0.15) is 84.1 Å². The minimum atomic E-state index is -8.96. The molecule has 40 nitrogen and oxygen atoms in total. The van der Waals surface area contributed by atoms with Gasteiger partial charge in [0.05, 0.1) is 25.6 Å². The van der Waals surface area contributed by atoms with Crippen LogP contribution in [-0.4, -0.2) is 291 Å². The lowest BCUT2D eigenvalue weighted by molar-refractivity contribution is -0.461. The van der Waals surface area contributed by atoms with Crippen molar-refractivity contribution in [2.24, 2.45) is 40.5 Å². The molecule has 18 amide bonds. The van der Waals surface area contributed by atoms with Crippen molar-refractivity contribution in [3.05, 3.63) is 59.7 Å². The molecule has 58 heteroatoms. The first-order chi connectivity index (χ1) is 66.4. The topological polar surface area (TPSA) is 644 Å². The Morgan fingerprint density at radius 2 is 0.896 bits per heavy atom. The van der Waals surface area contributed by atoms with E-state index in [0.717, 1.165) is 25.7 Å². The highest BCUT2D eigenvalue weighted by Crippen LogP contribution is 2.64. The van der Waals surface area contributed by atoms with Crippen molar-refractivity contribution < 1.29 is 171 Å². The second-order valence-corrected chi connectivity index (χ2v) is 35.7. The maximum absolute atomic E-state index is 15.4. The van der Waals surface area contributed by atoms with E-state index in [1.54, 1.807) is 34.0 Å². The van der Waals surface area contributed by atoms with Crippen LogP contribution < -0.4 is 97.4 Å². The lowest BCUT2D eigenvalue weighted by Crippen LogP contribution is -2.74. The molecular formula is C86H121F17N20O20S. The van der Waals surface area contributed by atoms with Crippen LogP contribution >= 0.6 is 11.8 Å². The number of primary amides is 4. The number of rotatable bonds is 62. The maximum atomic E-state index is 15.4. The van der Waals surface area contributed by atoms with Gasteiger partial charge in [-0.1, -0.05) is 65.0 Å². The number of hydrogen-bond donors (Lipinski definition) is 20. The molecule has 144 heavy (non-hydrogen) atoms. The zero-order chi connectivity index (χ0) is 110. The Kier molecular flexibility index (Phi) is 47.3. The number of nitrogens with zero attached hydrogens (tertiary/aromatic N) is 2. The van der Waals surface area contributed by atoms with Crippen molar-refractivity contribution in [1.29, 1.82) is 0 Å². The van der Waals surface area contributed by atoms with Crippen LogP contribution in [0, 0.1) is 18.8 Å². The number of phenolic OH excluding ortho intramolecular Hbond substituents is 1. The van der Waals surface area contributed by atoms with Gasteiger partial charge in [-0.05, 0) is 152 Å². The normalized spacial score (nSPS) is 15.0. The van der Waals surface area contributed by atoms with Crippen molar-refractivity contribution in [1.82, 2.24) is 73.7 Å². The third-order valence-corrected chi connectivity index (χ3v) is 22.7. The smallest absolute Gasteiger partial charge is 0.460 e. The number of amides is 18. The predicted molar refractivity (Wildman–Crippen MR) is 481 cm³/mol. The number of para-hydroxylation sites is 1. The summed E-state index contributed by atoms with van der Waals surface area (Å²) in [7, 11) is 0. The Hall–Kier alpha value is -12.7. The van der Waals surface area contributed by atoms with Gasteiger partial charge in [0, 0.05) is 49.6 Å². The van der Waals surface area contributed by atoms with Crippen LogP contribution in [0.3, 0.4) is 0 Å². The summed E-state index contributed by atoms with van der Waals surface area (Å²) in [5, 5.41) is 50.2. The van der Waals surface area contributed by atoms with E-state index < -0.39 is 290 Å². The van der Waals surface area contributed by atoms with Crippen molar-refractivity contribution in [2.75, 3.05) is 43.1 Å². The highest BCUT2D eigenvalue weighted by atomic mass is 32.2. The van der Waals surface area contributed by atoms with Crippen molar-refractivity contribution in [3.8, 4) is 5.75 Å². The molecule has 0 fully saturated rings. The summed E-state index contributed by atoms with van der Waals surface area (Å²) in [5.41, 5.74) is 27.5. The third-order valence-electron chi connectivity index (χ3n) is 22.1. The third kappa shape index (κ3) is 34.3. The Morgan fingerprint density at radius 3 is 1.38 bits per heavy atom. The summed E-state index contributed by atoms with van der Waals surface area (Å²) in [6.07, 6.45) is -17.9. The molecular weight excluding hydrogens is 1990 g/mol. The van der Waals surface area contributed by atoms with Gasteiger partial charge in [0.15, 0.2) is 0 Å². The zero-order valence-corrected chi connectivity index (χ0v) is 80.6. The number of anilines is 1. The SMILES string of the molecule is CCCN(C(=O)C([C@@H](C)O)N(C(=O)CNC(=O)[C@H](CC(N)=O)NC(=O)CCC(F)(F)C(F)(F)C(F)(F)C(F)(F)C(F)(F)C(F)(F)C(F)(F)C(F)(F)F)c1[nH]c2ccccc2c1C)[C@@H](C)C(=O)N[C@@H](CCC(N)=O)C(=O)N[C@@H](C)C(=O)N[C@@H](CCSC)C(=O)N[C@@H](CC(C)C)C(=O)N[C@@H](Cc1ccc(O)cc1)C(=O)N[C@@H](CC(C)C)C(=O)N[C@@H](CCCCN)C(=O)NCC(=O)N[C@@H](C)C(=O)N[C@@H](CCC(N)=O)C(N)=O. The Labute approximate surface area is 817 Å². The number of hydrogen-bond acceptors (Lipinski definition) is 22. The van der Waals surface area contributed by atoms with Crippen molar-refractivity contribution in [2.45, 2.75) is 292 Å². The summed E-state index contributed by atoms with van der Waals surface area (Å²) in [6.45, 7) is 11.4. The Balaban J connectivity index is 1.98. The van der Waals surface area contributed by atoms with Crippen LogP contribution in [-0.2, 0) is 92.7 Å². The number of phenols is 1. The summed E-state index contributed by atoms with van der Waals surface area (Å²) in [4.78, 5) is 251. The average molecular weight is 2110 g/mol. The lowest BCUT2D eigenvalue weighted by atomic mass is 9.88. The van der Waals surface area contributed by atoms with Crippen LogP contribution in [0.4, 0.5) is 80.5 Å². The molecule has 0 bridgehead atoms. The lowest BCUT2D eigenvalue weighted by Gasteiger charge is -2.42. The molecule has 2 aromatic carbocycles. The number of benzene rings is 2. The fraction of sp³-hybridized carbons (Fsp3) is 0.628. The number of alkyl halides is 17. The molecule has 13 atom stereocenters. The van der Waals surface area contributed by atoms with Gasteiger partial charge in [-0.15, -0.1) is 0 Å². The first-order valence-electron chi connectivity index (χ1n) is 44.7. The number of aliphatic hydroxyl groups is 1. The number of nitrogens with one attached hydrogen (secondary N) is 13. The number of aromatic nitrogens is 1. The fourth-order valence-corrected chi connectivity index (χ4v) is 14.5. The first kappa shape index (κ1) is 125. The highest BCUT2D eigenvalue weighted by molar-refractivity contribution is 7.98. The van der Waals surface area contributed by atoms with E-state index in [4.69, 9.17) is 28.7 Å². The van der Waals surface area contributed by atoms with E-state index in [-0.39, 0.29) is 98.7 Å². The molecule has 3 aromatic rings. The van der Waals surface area contributed by atoms with Crippen molar-refractivity contribution in [3.63, 3.8) is 0 Å². The number of nitrogens with two attached hydrogens (primary N) is 5. The van der Waals surface area contributed by atoms with E-state index in [2.05, 4.69) is 58.2 Å². The molecule has 0 aliphatic heterocycles. The molecule has 0 aliphatic carbocycles. The van der Waals surface area contributed by atoms with Crippen LogP contribution in [0.5, 0.6) is 5.75 Å². The number of carbonyl (C=O) groups excluding carboxylic acids is 18. The molecule has 1 heterocycles. The monoisotopic (exact) mass is 2110 g/mol. The number of fused-ring (bicyclic) bond motifs is 1. The summed E-state index contributed by atoms with van der Waals surface area (Å²) in [6, 6.07) is -9.16. The molecule has 0 saturated carbocycles. The minimum absolute atomic E-state index is 0.0562. The zero-order valence-electron chi connectivity index (χ0n) is 79.8. The van der Waals surface area contributed by atoms with E-state index in [1.807, 2.05) is 5.32 Å². The van der Waals surface area contributed by atoms with Crippen LogP contribution in [0.15, 0.2) is 48.5 Å². The highest BCUT2D eigenvalue weighted by Gasteiger charge is 2.95. The van der Waals surface area contributed by atoms with E-state index in [9.17, 15) is 166 Å². The van der Waals surface area contributed by atoms with E-state index in [0.29, 0.717) is 22.3 Å². The minimum Gasteiger partial charge on any atom is -0.508 e. The number of carbonyl (C=O) groups is 18. The van der Waals surface area contributed by atoms with E-state index in [1.165, 1.54) is 86.4 Å². The molecule has 0 aliphatic rings. The van der Waals surface area contributed by atoms with Gasteiger partial charge in [-0.25, -0.2) is 0 Å². The number of halogens is 17. The number of aromatic amines is 1. The standard InChI is InChI=1S/C86H121F17N20O20S/c1-12-32-122(78(143)65(46(10)124)123(67-42(6)49-17-13-14-18-50(49)114-67)64(131)39-110-72(137)58(37-61(107)128)113-62(129)28-30-79(87,88)80(89,90)81(91,92)82(93,94)83(95,96)84(97,98)85(99,100)86(101,102)103)45(9)70(135)117-53(25-27-60(106)127)73(138)112-44(8)69(134)116-54(29-33-144-11)74(139)119-56(35-41(4)5)76(141)121-57(36-47-20-22-48(125)23-21-47)77(142)120-55(34-40(2)3)75(140)118-52(19-15-16-31-104)71(136)109-38-63(130)111-43(7)68(133)115-51(66(108)132)24-26-59(105)126/h13-14,17-18,20-23,40-41,43-46,51-58,65,114,124-125H,12,15-16,19,24-39,104H2,1-11H3,(H2,105,126)(H2,106,127)(H2,107,128)(H2,108,132)(H,109,136)(H,110,137)(H,111,130)(H,112,138)(H,113,129)(H,115,133)(H,116,134)(H,117,135)(H,118,140)(H,119,139)(H,120,142)(H,121,141)/t43-,44-,45-,46+,51-,52-,53-,54-,55-,56-,57-,58-,65?/m0/s1. The largest absolute Gasteiger partial charge is 0.508 e. The molecule has 25 N–H and O–H groups in total. The number of aromatic hydroxyl groups is 1. The van der Waals surface area contributed by atoms with Gasteiger partial charge < -0.3 is 113 Å². The van der Waals surface area contributed by atoms with Crippen LogP contribution in [0.2, 0.25) is 0 Å². The van der Waals surface area contributed by atoms with E-state index >= 15 is 4.79 Å². The number of H-pyrrole nitrogens is 1. The number of unbranched alkanes of at least 4 members (excludes halogenated alkanes) is 1. The van der Waals surface area contributed by atoms with Crippen molar-refractivity contribution >= 4 is 135 Å². The fourth-order valence-electron chi connectivity index (χ4n) is 14.1. The van der Waals surface area contributed by atoms with Gasteiger partial charge in [-0.2, -0.15) is 86.4 Å². The molecule has 0 radical (unpaired) electrons. The second kappa shape index (κ2) is 54.3. The van der Waals surface area contributed by atoms with Gasteiger partial charge in [0.25, 0.3) is 0 Å². The summed E-state index contributed by atoms with van der Waals surface area (Å²) >= 11 is 1.20.